The molecule has 1 rings (SSSR count). The Balaban J connectivity index is 2.97. The number of aliphatic hydroxyl groups is 1. The molecular weight excluding hydrogens is 344 g/mol. The van der Waals surface area contributed by atoms with Crippen molar-refractivity contribution in [3.63, 3.8) is 0 Å². The second-order valence-electron chi connectivity index (χ2n) is 4.64. The SMILES string of the molecule is CCOC[C@H]1O[C@@](O)(Br)[C@H](OCC)[C@@H](OCC)[C@@H]1OCC. The summed E-state index contributed by atoms with van der Waals surface area (Å²) in [5.74, 6) is 0. The third-order valence-corrected chi connectivity index (χ3v) is 3.85. The van der Waals surface area contributed by atoms with Gasteiger partial charge >= 0.3 is 0 Å². The molecule has 0 bridgehead atoms. The summed E-state index contributed by atoms with van der Waals surface area (Å²) in [6, 6.07) is 0. The van der Waals surface area contributed by atoms with Crippen LogP contribution in [-0.4, -0.2) is 67.3 Å². The van der Waals surface area contributed by atoms with Crippen LogP contribution in [0.2, 0.25) is 0 Å². The Morgan fingerprint density at radius 2 is 1.52 bits per heavy atom. The lowest BCUT2D eigenvalue weighted by Crippen LogP contribution is -2.65. The Bertz CT molecular complexity index is 289. The quantitative estimate of drug-likeness (QED) is 0.622. The number of halogens is 1. The Morgan fingerprint density at radius 1 is 0.952 bits per heavy atom. The van der Waals surface area contributed by atoms with Gasteiger partial charge in [0.25, 0.3) is 4.70 Å². The number of ether oxygens (including phenoxy) is 5. The highest BCUT2D eigenvalue weighted by Gasteiger charge is 2.54. The minimum Gasteiger partial charge on any atom is -0.379 e. The van der Waals surface area contributed by atoms with Crippen molar-refractivity contribution in [1.82, 2.24) is 0 Å². The van der Waals surface area contributed by atoms with Crippen LogP contribution in [0.15, 0.2) is 0 Å². The Hall–Kier alpha value is 0.240. The van der Waals surface area contributed by atoms with Crippen molar-refractivity contribution in [1.29, 1.82) is 0 Å². The van der Waals surface area contributed by atoms with Crippen LogP contribution in [0.3, 0.4) is 0 Å². The van der Waals surface area contributed by atoms with Crippen LogP contribution in [0.5, 0.6) is 0 Å². The molecule has 0 spiro atoms. The van der Waals surface area contributed by atoms with Crippen LogP contribution >= 0.6 is 15.9 Å². The Morgan fingerprint density at radius 3 is 2.05 bits per heavy atom. The molecule has 1 heterocycles. The van der Waals surface area contributed by atoms with E-state index in [9.17, 15) is 5.11 Å². The van der Waals surface area contributed by atoms with Crippen LogP contribution in [0.4, 0.5) is 0 Å². The lowest BCUT2D eigenvalue weighted by atomic mass is 9.98. The highest BCUT2D eigenvalue weighted by Crippen LogP contribution is 2.37. The van der Waals surface area contributed by atoms with E-state index in [0.717, 1.165) is 0 Å². The minimum atomic E-state index is -1.63. The van der Waals surface area contributed by atoms with E-state index in [1.165, 1.54) is 0 Å². The third-order valence-electron chi connectivity index (χ3n) is 3.21. The van der Waals surface area contributed by atoms with E-state index in [4.69, 9.17) is 23.7 Å². The Labute approximate surface area is 135 Å². The summed E-state index contributed by atoms with van der Waals surface area (Å²) in [6.07, 6.45) is -1.94. The van der Waals surface area contributed by atoms with Crippen molar-refractivity contribution < 1.29 is 28.8 Å². The summed E-state index contributed by atoms with van der Waals surface area (Å²) in [7, 11) is 0. The number of hydrogen-bond donors (Lipinski definition) is 1. The molecule has 21 heavy (non-hydrogen) atoms. The van der Waals surface area contributed by atoms with Gasteiger partial charge in [-0.3, -0.25) is 0 Å². The average Bonchev–Trinajstić information content (AvgIpc) is 2.44. The summed E-state index contributed by atoms with van der Waals surface area (Å²) in [6.45, 7) is 9.88. The first-order valence-corrected chi connectivity index (χ1v) is 8.32. The molecule has 126 valence electrons. The maximum Gasteiger partial charge on any atom is 0.254 e. The second kappa shape index (κ2) is 9.39. The lowest BCUT2D eigenvalue weighted by Gasteiger charge is -2.47. The molecule has 1 aliphatic rings. The summed E-state index contributed by atoms with van der Waals surface area (Å²) < 4.78 is 26.7. The van der Waals surface area contributed by atoms with Crippen molar-refractivity contribution in [2.24, 2.45) is 0 Å². The fourth-order valence-electron chi connectivity index (χ4n) is 2.44. The number of alkyl halides is 1. The van der Waals surface area contributed by atoms with E-state index in [2.05, 4.69) is 15.9 Å². The van der Waals surface area contributed by atoms with E-state index in [1.807, 2.05) is 27.7 Å². The van der Waals surface area contributed by atoms with Crippen LogP contribution in [0.1, 0.15) is 27.7 Å². The maximum absolute atomic E-state index is 10.5. The van der Waals surface area contributed by atoms with Gasteiger partial charge in [-0.15, -0.1) is 0 Å². The zero-order chi connectivity index (χ0) is 15.9. The van der Waals surface area contributed by atoms with Gasteiger partial charge in [-0.25, -0.2) is 0 Å². The fourth-order valence-corrected chi connectivity index (χ4v) is 3.07. The first-order valence-electron chi connectivity index (χ1n) is 7.53. The highest BCUT2D eigenvalue weighted by atomic mass is 79.9. The van der Waals surface area contributed by atoms with Crippen LogP contribution < -0.4 is 0 Å². The van der Waals surface area contributed by atoms with E-state index in [0.29, 0.717) is 33.0 Å². The van der Waals surface area contributed by atoms with Crippen molar-refractivity contribution in [3.05, 3.63) is 0 Å². The van der Waals surface area contributed by atoms with Crippen molar-refractivity contribution in [3.8, 4) is 0 Å². The number of rotatable bonds is 9. The molecule has 7 heteroatoms. The van der Waals surface area contributed by atoms with E-state index in [1.54, 1.807) is 0 Å². The molecule has 1 fully saturated rings. The monoisotopic (exact) mass is 370 g/mol. The molecule has 0 aliphatic carbocycles. The molecule has 0 aromatic heterocycles. The average molecular weight is 371 g/mol. The third kappa shape index (κ3) is 5.13. The summed E-state index contributed by atoms with van der Waals surface area (Å²) in [5.41, 5.74) is 0. The molecule has 1 aliphatic heterocycles. The molecule has 0 unspecified atom stereocenters. The highest BCUT2D eigenvalue weighted by molar-refractivity contribution is 9.10. The summed E-state index contributed by atoms with van der Waals surface area (Å²) in [5, 5.41) is 10.5. The normalized spacial score (nSPS) is 36.9. The fraction of sp³-hybridized carbons (Fsp3) is 1.00. The van der Waals surface area contributed by atoms with Gasteiger partial charge < -0.3 is 28.8 Å². The molecule has 1 saturated heterocycles. The molecule has 0 amide bonds. The molecule has 1 N–H and O–H groups in total. The topological polar surface area (TPSA) is 66.4 Å². The number of hydrogen-bond acceptors (Lipinski definition) is 6. The van der Waals surface area contributed by atoms with Gasteiger partial charge in [0.15, 0.2) is 6.10 Å². The van der Waals surface area contributed by atoms with Gasteiger partial charge in [0, 0.05) is 26.4 Å². The van der Waals surface area contributed by atoms with Gasteiger partial charge in [0.05, 0.1) is 6.61 Å². The van der Waals surface area contributed by atoms with Crippen LogP contribution in [-0.2, 0) is 23.7 Å². The summed E-state index contributed by atoms with van der Waals surface area (Å²) >= 11 is 3.20. The van der Waals surface area contributed by atoms with Crippen molar-refractivity contribution >= 4 is 15.9 Å². The van der Waals surface area contributed by atoms with Gasteiger partial charge in [0.1, 0.15) is 18.3 Å². The van der Waals surface area contributed by atoms with Gasteiger partial charge in [0.2, 0.25) is 0 Å². The molecule has 0 aromatic rings. The van der Waals surface area contributed by atoms with E-state index in [-0.39, 0.29) is 6.10 Å². The van der Waals surface area contributed by atoms with E-state index >= 15 is 0 Å². The largest absolute Gasteiger partial charge is 0.379 e. The first-order chi connectivity index (χ1) is 10.0. The van der Waals surface area contributed by atoms with Gasteiger partial charge in [-0.2, -0.15) is 0 Å². The maximum atomic E-state index is 10.5. The predicted octanol–water partition coefficient (Wildman–Crippen LogP) is 1.68. The molecule has 0 saturated carbocycles. The molecule has 6 nitrogen and oxygen atoms in total. The smallest absolute Gasteiger partial charge is 0.254 e. The molecule has 0 aromatic carbocycles. The Kier molecular flexibility index (Phi) is 8.63. The standard InChI is InChI=1S/C14H27BrO6/c1-5-17-9-10-11(18-6-2)12(19-7-3)13(20-8-4)14(15,16)21-10/h10-13,16H,5-9H2,1-4H3/t10-,11-,12+,13-,14-/m1/s1. The van der Waals surface area contributed by atoms with Crippen LogP contribution in [0, 0.1) is 0 Å². The first kappa shape index (κ1) is 19.3. The van der Waals surface area contributed by atoms with E-state index < -0.39 is 23.0 Å². The minimum absolute atomic E-state index is 0.317. The predicted molar refractivity (Wildman–Crippen MR) is 81.5 cm³/mol. The zero-order valence-electron chi connectivity index (χ0n) is 13.2. The van der Waals surface area contributed by atoms with Gasteiger partial charge in [-0.1, -0.05) is 0 Å². The molecule has 0 radical (unpaired) electrons. The van der Waals surface area contributed by atoms with Crippen molar-refractivity contribution in [2.75, 3.05) is 33.0 Å². The van der Waals surface area contributed by atoms with Crippen LogP contribution in [0.25, 0.3) is 0 Å². The zero-order valence-corrected chi connectivity index (χ0v) is 14.8. The molecule has 5 atom stereocenters. The summed E-state index contributed by atoms with van der Waals surface area (Å²) in [4.78, 5) is 0. The van der Waals surface area contributed by atoms with Gasteiger partial charge in [-0.05, 0) is 43.6 Å². The second-order valence-corrected chi connectivity index (χ2v) is 5.78. The van der Waals surface area contributed by atoms with Crippen molar-refractivity contribution in [2.45, 2.75) is 56.8 Å². The molecular formula is C14H27BrO6. The lowest BCUT2D eigenvalue weighted by molar-refractivity contribution is -0.323.